The van der Waals surface area contributed by atoms with Crippen LogP contribution in [0.25, 0.3) is 10.2 Å². The summed E-state index contributed by atoms with van der Waals surface area (Å²) in [6.07, 6.45) is 1.65. The van der Waals surface area contributed by atoms with Crippen LogP contribution in [0.15, 0.2) is 58.4 Å². The zero-order valence-electron chi connectivity index (χ0n) is 16.6. The molecule has 4 rings (SSSR count). The SMILES string of the molecule is COc1cccc(C(=O)Nc2ccc3nc(SC(C)C(=O)Nc4nccs4)sc3c2)c1. The molecule has 0 saturated carbocycles. The number of carbonyl (C=O) groups is 2. The van der Waals surface area contributed by atoms with Crippen LogP contribution in [-0.2, 0) is 4.79 Å². The molecule has 0 radical (unpaired) electrons. The summed E-state index contributed by atoms with van der Waals surface area (Å²) >= 11 is 4.25. The van der Waals surface area contributed by atoms with Crippen molar-refractivity contribution in [2.75, 3.05) is 17.7 Å². The van der Waals surface area contributed by atoms with Crippen LogP contribution in [0.2, 0.25) is 0 Å². The fourth-order valence-electron chi connectivity index (χ4n) is 2.70. The number of nitrogens with one attached hydrogen (secondary N) is 2. The van der Waals surface area contributed by atoms with Gasteiger partial charge in [0, 0.05) is 22.8 Å². The Bertz CT molecular complexity index is 1220. The second-order valence-corrected chi connectivity index (χ2v) is 9.95. The van der Waals surface area contributed by atoms with Crippen molar-refractivity contribution in [3.05, 3.63) is 59.6 Å². The average Bonchev–Trinajstić information content (AvgIpc) is 3.42. The molecule has 31 heavy (non-hydrogen) atoms. The van der Waals surface area contributed by atoms with Crippen LogP contribution in [0, 0.1) is 0 Å². The summed E-state index contributed by atoms with van der Waals surface area (Å²) in [4.78, 5) is 33.5. The summed E-state index contributed by atoms with van der Waals surface area (Å²) in [5.41, 5.74) is 2.01. The van der Waals surface area contributed by atoms with Crippen molar-refractivity contribution >= 4 is 67.3 Å². The van der Waals surface area contributed by atoms with Gasteiger partial charge in [-0.05, 0) is 43.3 Å². The van der Waals surface area contributed by atoms with Crippen LogP contribution < -0.4 is 15.4 Å². The zero-order chi connectivity index (χ0) is 21.8. The molecular weight excluding hydrogens is 452 g/mol. The minimum absolute atomic E-state index is 0.120. The van der Waals surface area contributed by atoms with Crippen molar-refractivity contribution in [3.63, 3.8) is 0 Å². The highest BCUT2D eigenvalue weighted by molar-refractivity contribution is 8.02. The largest absolute Gasteiger partial charge is 0.497 e. The van der Waals surface area contributed by atoms with Gasteiger partial charge in [0.15, 0.2) is 9.47 Å². The van der Waals surface area contributed by atoms with Crippen LogP contribution in [0.4, 0.5) is 10.8 Å². The Morgan fingerprint density at radius 3 is 2.81 bits per heavy atom. The Morgan fingerprint density at radius 1 is 1.16 bits per heavy atom. The van der Waals surface area contributed by atoms with Crippen molar-refractivity contribution in [2.24, 2.45) is 0 Å². The highest BCUT2D eigenvalue weighted by Gasteiger charge is 2.18. The van der Waals surface area contributed by atoms with Crippen molar-refractivity contribution in [3.8, 4) is 5.75 Å². The van der Waals surface area contributed by atoms with Gasteiger partial charge in [0.25, 0.3) is 5.91 Å². The molecule has 2 amide bonds. The summed E-state index contributed by atoms with van der Waals surface area (Å²) in [5, 5.41) is 7.77. The average molecular weight is 471 g/mol. The summed E-state index contributed by atoms with van der Waals surface area (Å²) in [6.45, 7) is 1.83. The molecule has 0 spiro atoms. The number of carbonyl (C=O) groups excluding carboxylic acids is 2. The van der Waals surface area contributed by atoms with Gasteiger partial charge in [0.2, 0.25) is 5.91 Å². The van der Waals surface area contributed by atoms with Gasteiger partial charge in [-0.3, -0.25) is 9.59 Å². The van der Waals surface area contributed by atoms with Crippen molar-refractivity contribution in [1.29, 1.82) is 0 Å². The van der Waals surface area contributed by atoms with Gasteiger partial charge in [0.1, 0.15) is 5.75 Å². The Balaban J connectivity index is 1.44. The number of nitrogens with zero attached hydrogens (tertiary/aromatic N) is 2. The minimum atomic E-state index is -0.323. The van der Waals surface area contributed by atoms with Crippen molar-refractivity contribution < 1.29 is 14.3 Å². The molecule has 0 aliphatic rings. The summed E-state index contributed by atoms with van der Waals surface area (Å²) in [7, 11) is 1.56. The van der Waals surface area contributed by atoms with E-state index in [4.69, 9.17) is 4.74 Å². The molecule has 0 bridgehead atoms. The maximum atomic E-state index is 12.5. The molecule has 1 unspecified atom stereocenters. The Labute approximate surface area is 190 Å². The predicted molar refractivity (Wildman–Crippen MR) is 127 cm³/mol. The second-order valence-electron chi connectivity index (χ2n) is 6.43. The number of methoxy groups -OCH3 is 1. The van der Waals surface area contributed by atoms with E-state index in [0.717, 1.165) is 14.6 Å². The molecular formula is C21H18N4O3S3. The first-order valence-electron chi connectivity index (χ1n) is 9.25. The highest BCUT2D eigenvalue weighted by Crippen LogP contribution is 2.34. The van der Waals surface area contributed by atoms with E-state index in [0.29, 0.717) is 22.1 Å². The number of benzene rings is 2. The molecule has 2 heterocycles. The Kier molecular flexibility index (Phi) is 6.50. The standard InChI is InChI=1S/C21H18N4O3S3/c1-12(18(26)25-20-22-8-9-29-20)30-21-24-16-7-6-14(11-17(16)31-21)23-19(27)13-4-3-5-15(10-13)28-2/h3-12H,1-2H3,(H,23,27)(H,22,25,26). The second kappa shape index (κ2) is 9.46. The first-order chi connectivity index (χ1) is 15.0. The van der Waals surface area contributed by atoms with E-state index in [1.165, 1.54) is 34.4 Å². The molecule has 0 saturated heterocycles. The monoisotopic (exact) mass is 470 g/mol. The molecule has 2 aromatic carbocycles. The van der Waals surface area contributed by atoms with Gasteiger partial charge in [-0.25, -0.2) is 9.97 Å². The number of thiazole rings is 2. The van der Waals surface area contributed by atoms with Gasteiger partial charge in [0.05, 0.1) is 22.6 Å². The normalized spacial score (nSPS) is 11.8. The van der Waals surface area contributed by atoms with E-state index in [9.17, 15) is 9.59 Å². The maximum absolute atomic E-state index is 12.5. The number of aromatic nitrogens is 2. The molecule has 1 atom stereocenters. The molecule has 158 valence electrons. The third-order valence-electron chi connectivity index (χ3n) is 4.27. The summed E-state index contributed by atoms with van der Waals surface area (Å²) < 4.78 is 6.89. The van der Waals surface area contributed by atoms with Crippen LogP contribution in [0.1, 0.15) is 17.3 Å². The molecule has 2 N–H and O–H groups in total. The van der Waals surface area contributed by atoms with Gasteiger partial charge in [-0.2, -0.15) is 0 Å². The molecule has 10 heteroatoms. The van der Waals surface area contributed by atoms with Gasteiger partial charge >= 0.3 is 0 Å². The number of hydrogen-bond donors (Lipinski definition) is 2. The van der Waals surface area contributed by atoms with E-state index in [-0.39, 0.29) is 17.1 Å². The fourth-order valence-corrected chi connectivity index (χ4v) is 5.48. The Hall–Kier alpha value is -2.95. The van der Waals surface area contributed by atoms with E-state index in [1.807, 2.05) is 30.5 Å². The van der Waals surface area contributed by atoms with Crippen LogP contribution >= 0.6 is 34.4 Å². The molecule has 4 aromatic rings. The maximum Gasteiger partial charge on any atom is 0.255 e. The number of rotatable bonds is 7. The lowest BCUT2D eigenvalue weighted by Crippen LogP contribution is -2.22. The van der Waals surface area contributed by atoms with Gasteiger partial charge < -0.3 is 15.4 Å². The van der Waals surface area contributed by atoms with Gasteiger partial charge in [-0.1, -0.05) is 17.8 Å². The van der Waals surface area contributed by atoms with E-state index in [1.54, 1.807) is 37.6 Å². The number of ether oxygens (including phenoxy) is 1. The quantitative estimate of drug-likeness (QED) is 0.364. The molecule has 0 aliphatic carbocycles. The van der Waals surface area contributed by atoms with Crippen molar-refractivity contribution in [2.45, 2.75) is 16.5 Å². The number of amides is 2. The van der Waals surface area contributed by atoms with Crippen LogP contribution in [-0.4, -0.2) is 34.1 Å². The van der Waals surface area contributed by atoms with E-state index < -0.39 is 0 Å². The lowest BCUT2D eigenvalue weighted by molar-refractivity contribution is -0.115. The number of hydrogen-bond acceptors (Lipinski definition) is 8. The number of thioether (sulfide) groups is 1. The lowest BCUT2D eigenvalue weighted by Gasteiger charge is -2.07. The smallest absolute Gasteiger partial charge is 0.255 e. The predicted octanol–water partition coefficient (Wildman–Crippen LogP) is 5.13. The van der Waals surface area contributed by atoms with Crippen molar-refractivity contribution in [1.82, 2.24) is 9.97 Å². The van der Waals surface area contributed by atoms with E-state index in [2.05, 4.69) is 20.6 Å². The first kappa shape index (κ1) is 21.3. The first-order valence-corrected chi connectivity index (χ1v) is 11.8. The van der Waals surface area contributed by atoms with Crippen LogP contribution in [0.5, 0.6) is 5.75 Å². The zero-order valence-corrected chi connectivity index (χ0v) is 19.1. The van der Waals surface area contributed by atoms with E-state index >= 15 is 0 Å². The van der Waals surface area contributed by atoms with Crippen LogP contribution in [0.3, 0.4) is 0 Å². The minimum Gasteiger partial charge on any atom is -0.497 e. The molecule has 2 aromatic heterocycles. The molecule has 7 nitrogen and oxygen atoms in total. The summed E-state index contributed by atoms with van der Waals surface area (Å²) in [5.74, 6) is 0.288. The lowest BCUT2D eigenvalue weighted by atomic mass is 10.2. The number of fused-ring (bicyclic) bond motifs is 1. The third-order valence-corrected chi connectivity index (χ3v) is 7.17. The number of anilines is 2. The molecule has 0 aliphatic heterocycles. The topological polar surface area (TPSA) is 93.2 Å². The highest BCUT2D eigenvalue weighted by atomic mass is 32.2. The third kappa shape index (κ3) is 5.22. The fraction of sp³-hybridized carbons (Fsp3) is 0.143. The molecule has 0 fully saturated rings. The Morgan fingerprint density at radius 2 is 2.03 bits per heavy atom. The summed E-state index contributed by atoms with van der Waals surface area (Å²) in [6, 6.07) is 12.5. The van der Waals surface area contributed by atoms with Gasteiger partial charge in [-0.15, -0.1) is 22.7 Å².